The number of allylic oxidation sites excluding steroid dienone is 2. The van der Waals surface area contributed by atoms with Gasteiger partial charge < -0.3 is 0 Å². The Morgan fingerprint density at radius 3 is 2.50 bits per heavy atom. The normalized spacial score (nSPS) is 11.9. The average molecular weight is 192 g/mol. The van der Waals surface area contributed by atoms with Crippen LogP contribution in [0.15, 0.2) is 30.5 Å². The molecule has 1 unspecified atom stereocenters. The van der Waals surface area contributed by atoms with Gasteiger partial charge in [0.25, 0.3) is 0 Å². The smallest absolute Gasteiger partial charge is 0.0159 e. The van der Waals surface area contributed by atoms with Gasteiger partial charge in [-0.05, 0) is 37.7 Å². The minimum atomic E-state index is 0.659. The molecule has 0 radical (unpaired) electrons. The maximum Gasteiger partial charge on any atom is -0.0159 e. The highest BCUT2D eigenvalue weighted by Crippen LogP contribution is 2.17. The summed E-state index contributed by atoms with van der Waals surface area (Å²) in [4.78, 5) is 0. The predicted molar refractivity (Wildman–Crippen MR) is 65.4 cm³/mol. The zero-order valence-corrected chi connectivity index (χ0v) is 9.81. The second-order valence-electron chi connectivity index (χ2n) is 4.04. The van der Waals surface area contributed by atoms with Crippen LogP contribution in [0.2, 0.25) is 0 Å². The van der Waals surface area contributed by atoms with Crippen molar-refractivity contribution in [2.45, 2.75) is 52.4 Å². The summed E-state index contributed by atoms with van der Waals surface area (Å²) in [7, 11) is 0. The summed E-state index contributed by atoms with van der Waals surface area (Å²) in [5.41, 5.74) is 4.28. The van der Waals surface area contributed by atoms with E-state index in [0.29, 0.717) is 5.92 Å². The van der Waals surface area contributed by atoms with E-state index in [4.69, 9.17) is 0 Å². The first-order valence-corrected chi connectivity index (χ1v) is 5.69. The van der Waals surface area contributed by atoms with Crippen LogP contribution in [0, 0.1) is 5.92 Å². The SMILES string of the molecule is C=C=C(C)C(C)CCCCCCC=C. The summed E-state index contributed by atoms with van der Waals surface area (Å²) in [6.45, 7) is 11.8. The number of hydrogen-bond acceptors (Lipinski definition) is 0. The van der Waals surface area contributed by atoms with Crippen molar-refractivity contribution in [3.8, 4) is 0 Å². The van der Waals surface area contributed by atoms with Crippen LogP contribution < -0.4 is 0 Å². The first kappa shape index (κ1) is 13.3. The van der Waals surface area contributed by atoms with Crippen LogP contribution in [0.25, 0.3) is 0 Å². The van der Waals surface area contributed by atoms with E-state index in [1.54, 1.807) is 0 Å². The molecule has 0 aliphatic carbocycles. The lowest BCUT2D eigenvalue weighted by Crippen LogP contribution is -1.95. The molecule has 0 N–H and O–H groups in total. The Kier molecular flexibility index (Phi) is 8.37. The van der Waals surface area contributed by atoms with Gasteiger partial charge in [-0.15, -0.1) is 12.3 Å². The van der Waals surface area contributed by atoms with E-state index >= 15 is 0 Å². The fraction of sp³-hybridized carbons (Fsp3) is 0.643. The molecule has 0 aliphatic heterocycles. The molecule has 0 nitrogen and oxygen atoms in total. The molecule has 0 saturated heterocycles. The highest BCUT2D eigenvalue weighted by atomic mass is 14.1. The maximum absolute atomic E-state index is 3.72. The molecule has 80 valence electrons. The summed E-state index contributed by atoms with van der Waals surface area (Å²) in [6.07, 6.45) is 9.78. The van der Waals surface area contributed by atoms with E-state index in [1.807, 2.05) is 6.08 Å². The van der Waals surface area contributed by atoms with Crippen LogP contribution in [0.5, 0.6) is 0 Å². The van der Waals surface area contributed by atoms with Gasteiger partial charge in [-0.25, -0.2) is 0 Å². The Hall–Kier alpha value is -0.740. The molecule has 0 bridgehead atoms. The third kappa shape index (κ3) is 6.74. The van der Waals surface area contributed by atoms with Crippen LogP contribution in [0.1, 0.15) is 52.4 Å². The van der Waals surface area contributed by atoms with E-state index in [9.17, 15) is 0 Å². The summed E-state index contributed by atoms with van der Waals surface area (Å²) in [5.74, 6) is 0.659. The molecule has 0 aromatic carbocycles. The first-order valence-electron chi connectivity index (χ1n) is 5.69. The quantitative estimate of drug-likeness (QED) is 0.292. The molecule has 0 amide bonds. The van der Waals surface area contributed by atoms with Crippen molar-refractivity contribution in [3.63, 3.8) is 0 Å². The number of unbranched alkanes of at least 4 members (excludes halogenated alkanes) is 4. The first-order chi connectivity index (χ1) is 6.72. The van der Waals surface area contributed by atoms with E-state index in [2.05, 4.69) is 32.7 Å². The lowest BCUT2D eigenvalue weighted by Gasteiger charge is -2.09. The van der Waals surface area contributed by atoms with Crippen LogP contribution in [0.3, 0.4) is 0 Å². The maximum atomic E-state index is 3.72. The molecule has 0 saturated carbocycles. The highest BCUT2D eigenvalue weighted by molar-refractivity contribution is 4.98. The molecule has 0 rings (SSSR count). The Morgan fingerprint density at radius 2 is 1.93 bits per heavy atom. The van der Waals surface area contributed by atoms with E-state index in [-0.39, 0.29) is 0 Å². The Bertz CT molecular complexity index is 194. The Labute approximate surface area is 89.4 Å². The van der Waals surface area contributed by atoms with Gasteiger partial charge >= 0.3 is 0 Å². The highest BCUT2D eigenvalue weighted by Gasteiger charge is 2.02. The van der Waals surface area contributed by atoms with Crippen molar-refractivity contribution in [1.29, 1.82) is 0 Å². The fourth-order valence-corrected chi connectivity index (χ4v) is 1.48. The zero-order chi connectivity index (χ0) is 10.8. The number of hydrogen-bond donors (Lipinski definition) is 0. The van der Waals surface area contributed by atoms with Gasteiger partial charge in [0.1, 0.15) is 0 Å². The molecule has 0 heteroatoms. The molecule has 0 fully saturated rings. The fourth-order valence-electron chi connectivity index (χ4n) is 1.48. The van der Waals surface area contributed by atoms with E-state index in [0.717, 1.165) is 0 Å². The average Bonchev–Trinajstić information content (AvgIpc) is 2.21. The molecular formula is C14H24. The monoisotopic (exact) mass is 192 g/mol. The molecule has 0 aromatic rings. The summed E-state index contributed by atoms with van der Waals surface area (Å²) >= 11 is 0. The summed E-state index contributed by atoms with van der Waals surface area (Å²) in [5, 5.41) is 0. The molecule has 0 heterocycles. The van der Waals surface area contributed by atoms with Gasteiger partial charge in [-0.3, -0.25) is 0 Å². The largest absolute Gasteiger partial charge is 0.130 e. The molecule has 0 spiro atoms. The van der Waals surface area contributed by atoms with Gasteiger partial charge in [0.2, 0.25) is 0 Å². The van der Waals surface area contributed by atoms with Crippen molar-refractivity contribution < 1.29 is 0 Å². The lowest BCUT2D eigenvalue weighted by atomic mass is 9.96. The summed E-state index contributed by atoms with van der Waals surface area (Å²) < 4.78 is 0. The van der Waals surface area contributed by atoms with Crippen molar-refractivity contribution in [1.82, 2.24) is 0 Å². The van der Waals surface area contributed by atoms with E-state index < -0.39 is 0 Å². The van der Waals surface area contributed by atoms with Crippen LogP contribution in [0.4, 0.5) is 0 Å². The topological polar surface area (TPSA) is 0 Å². The van der Waals surface area contributed by atoms with Crippen LogP contribution in [-0.4, -0.2) is 0 Å². The third-order valence-corrected chi connectivity index (χ3v) is 2.81. The van der Waals surface area contributed by atoms with Crippen molar-refractivity contribution >= 4 is 0 Å². The van der Waals surface area contributed by atoms with Gasteiger partial charge in [-0.2, -0.15) is 0 Å². The van der Waals surface area contributed by atoms with Gasteiger partial charge in [0.05, 0.1) is 0 Å². The molecule has 0 aliphatic rings. The third-order valence-electron chi connectivity index (χ3n) is 2.81. The Balaban J connectivity index is 3.36. The van der Waals surface area contributed by atoms with Crippen molar-refractivity contribution in [2.24, 2.45) is 5.92 Å². The molecule has 1 atom stereocenters. The van der Waals surface area contributed by atoms with Gasteiger partial charge in [0.15, 0.2) is 0 Å². The predicted octanol–water partition coefficient (Wildman–Crippen LogP) is 4.88. The second-order valence-corrected chi connectivity index (χ2v) is 4.04. The second kappa shape index (κ2) is 8.84. The molecule has 14 heavy (non-hydrogen) atoms. The minimum absolute atomic E-state index is 0.659. The van der Waals surface area contributed by atoms with E-state index in [1.165, 1.54) is 44.1 Å². The van der Waals surface area contributed by atoms with Crippen molar-refractivity contribution in [3.05, 3.63) is 30.5 Å². The van der Waals surface area contributed by atoms with Crippen LogP contribution in [-0.2, 0) is 0 Å². The zero-order valence-electron chi connectivity index (χ0n) is 9.81. The summed E-state index contributed by atoms with van der Waals surface area (Å²) in [6, 6.07) is 0. The Morgan fingerprint density at radius 1 is 1.29 bits per heavy atom. The number of rotatable bonds is 8. The molecular weight excluding hydrogens is 168 g/mol. The van der Waals surface area contributed by atoms with Crippen LogP contribution >= 0.6 is 0 Å². The van der Waals surface area contributed by atoms with Gasteiger partial charge in [0, 0.05) is 0 Å². The lowest BCUT2D eigenvalue weighted by molar-refractivity contribution is 0.538. The van der Waals surface area contributed by atoms with Gasteiger partial charge in [-0.1, -0.05) is 38.8 Å². The standard InChI is InChI=1S/C14H24/c1-5-7-8-9-10-11-12-14(4)13(3)6-2/h5,14H,1-2,7-12H2,3-4H3. The van der Waals surface area contributed by atoms with Crippen molar-refractivity contribution in [2.75, 3.05) is 0 Å². The minimum Gasteiger partial charge on any atom is -0.130 e. The molecule has 0 aromatic heterocycles.